The van der Waals surface area contributed by atoms with Crippen molar-refractivity contribution in [2.75, 3.05) is 13.1 Å². The summed E-state index contributed by atoms with van der Waals surface area (Å²) in [4.78, 5) is 17.4. The molecule has 6 heteroatoms. The van der Waals surface area contributed by atoms with Gasteiger partial charge in [0.05, 0.1) is 12.5 Å². The molecular formula is C13H21N3O3. The van der Waals surface area contributed by atoms with Crippen molar-refractivity contribution < 1.29 is 14.4 Å². The minimum Gasteiger partial charge on any atom is -0.481 e. The van der Waals surface area contributed by atoms with E-state index in [-0.39, 0.29) is 5.92 Å². The third kappa shape index (κ3) is 4.02. The van der Waals surface area contributed by atoms with Crippen molar-refractivity contribution in [2.24, 2.45) is 5.92 Å². The topological polar surface area (TPSA) is 79.5 Å². The van der Waals surface area contributed by atoms with Gasteiger partial charge in [0.2, 0.25) is 5.89 Å². The zero-order chi connectivity index (χ0) is 13.7. The van der Waals surface area contributed by atoms with Crippen LogP contribution in [0.5, 0.6) is 0 Å². The molecule has 1 unspecified atom stereocenters. The molecule has 1 aromatic heterocycles. The van der Waals surface area contributed by atoms with Crippen LogP contribution in [-0.2, 0) is 17.8 Å². The molecule has 0 aliphatic carbocycles. The summed E-state index contributed by atoms with van der Waals surface area (Å²) in [5.41, 5.74) is 0. The van der Waals surface area contributed by atoms with E-state index >= 15 is 0 Å². The van der Waals surface area contributed by atoms with Crippen molar-refractivity contribution in [3.63, 3.8) is 0 Å². The number of carbonyl (C=O) groups is 1. The van der Waals surface area contributed by atoms with Crippen LogP contribution in [0.25, 0.3) is 0 Å². The molecule has 19 heavy (non-hydrogen) atoms. The third-order valence-electron chi connectivity index (χ3n) is 3.48. The van der Waals surface area contributed by atoms with E-state index in [1.54, 1.807) is 0 Å². The first-order valence-electron chi connectivity index (χ1n) is 6.95. The van der Waals surface area contributed by atoms with Gasteiger partial charge in [-0.15, -0.1) is 0 Å². The molecule has 106 valence electrons. The van der Waals surface area contributed by atoms with Gasteiger partial charge in [0.1, 0.15) is 0 Å². The minimum atomic E-state index is -0.709. The highest BCUT2D eigenvalue weighted by molar-refractivity contribution is 5.70. The Hall–Kier alpha value is -1.43. The lowest BCUT2D eigenvalue weighted by molar-refractivity contribution is -0.143. The number of carboxylic acids is 1. The molecule has 1 N–H and O–H groups in total. The summed E-state index contributed by atoms with van der Waals surface area (Å²) in [5, 5.41) is 13.0. The smallest absolute Gasteiger partial charge is 0.307 e. The van der Waals surface area contributed by atoms with E-state index in [0.717, 1.165) is 44.5 Å². The number of hydrogen-bond donors (Lipinski definition) is 1. The van der Waals surface area contributed by atoms with E-state index < -0.39 is 5.97 Å². The lowest BCUT2D eigenvalue weighted by Crippen LogP contribution is -2.38. The van der Waals surface area contributed by atoms with E-state index in [1.807, 2.05) is 0 Å². The largest absolute Gasteiger partial charge is 0.481 e. The summed E-state index contributed by atoms with van der Waals surface area (Å²) >= 11 is 0. The van der Waals surface area contributed by atoms with Gasteiger partial charge in [-0.3, -0.25) is 9.69 Å². The number of likely N-dealkylation sites (tertiary alicyclic amines) is 1. The van der Waals surface area contributed by atoms with Crippen molar-refractivity contribution in [3.05, 3.63) is 11.7 Å². The summed E-state index contributed by atoms with van der Waals surface area (Å²) in [6, 6.07) is 0. The van der Waals surface area contributed by atoms with Gasteiger partial charge in [-0.1, -0.05) is 18.5 Å². The normalized spacial score (nSPS) is 20.6. The molecule has 0 amide bonds. The van der Waals surface area contributed by atoms with Crippen LogP contribution in [0.4, 0.5) is 0 Å². The highest BCUT2D eigenvalue weighted by Gasteiger charge is 2.26. The summed E-state index contributed by atoms with van der Waals surface area (Å²) in [7, 11) is 0. The molecule has 2 heterocycles. The van der Waals surface area contributed by atoms with Crippen molar-refractivity contribution in [3.8, 4) is 0 Å². The lowest BCUT2D eigenvalue weighted by Gasteiger charge is -2.29. The van der Waals surface area contributed by atoms with Crippen LogP contribution < -0.4 is 0 Å². The standard InChI is InChI=1S/C13H21N3O3/c1-2-3-6-11-14-12(19-15-11)9-16-7-4-5-10(8-16)13(17)18/h10H,2-9H2,1H3,(H,17,18). The van der Waals surface area contributed by atoms with Crippen LogP contribution in [0.1, 0.15) is 44.3 Å². The van der Waals surface area contributed by atoms with E-state index in [9.17, 15) is 4.79 Å². The quantitative estimate of drug-likeness (QED) is 0.845. The fourth-order valence-electron chi connectivity index (χ4n) is 2.38. The third-order valence-corrected chi connectivity index (χ3v) is 3.48. The predicted octanol–water partition coefficient (Wildman–Crippen LogP) is 1.71. The second-order valence-corrected chi connectivity index (χ2v) is 5.12. The van der Waals surface area contributed by atoms with E-state index in [0.29, 0.717) is 19.0 Å². The Morgan fingerprint density at radius 3 is 3.16 bits per heavy atom. The Balaban J connectivity index is 1.86. The Morgan fingerprint density at radius 2 is 2.42 bits per heavy atom. The first-order valence-corrected chi connectivity index (χ1v) is 6.95. The van der Waals surface area contributed by atoms with Gasteiger partial charge in [-0.2, -0.15) is 4.98 Å². The minimum absolute atomic E-state index is 0.267. The number of nitrogens with zero attached hydrogens (tertiary/aromatic N) is 3. The molecule has 0 saturated carbocycles. The highest BCUT2D eigenvalue weighted by atomic mass is 16.5. The van der Waals surface area contributed by atoms with Crippen LogP contribution in [-0.4, -0.2) is 39.2 Å². The number of aliphatic carboxylic acids is 1. The van der Waals surface area contributed by atoms with Gasteiger partial charge in [0.25, 0.3) is 0 Å². The monoisotopic (exact) mass is 267 g/mol. The molecule has 0 aromatic carbocycles. The average Bonchev–Trinajstić information content (AvgIpc) is 2.84. The Morgan fingerprint density at radius 1 is 1.58 bits per heavy atom. The zero-order valence-electron chi connectivity index (χ0n) is 11.3. The second kappa shape index (κ2) is 6.65. The maximum absolute atomic E-state index is 11.0. The zero-order valence-corrected chi connectivity index (χ0v) is 11.3. The number of rotatable bonds is 6. The van der Waals surface area contributed by atoms with Gasteiger partial charge in [-0.25, -0.2) is 0 Å². The Bertz CT molecular complexity index is 419. The molecule has 1 atom stereocenters. The van der Waals surface area contributed by atoms with Crippen molar-refractivity contribution in [1.29, 1.82) is 0 Å². The summed E-state index contributed by atoms with van der Waals surface area (Å²) in [6.07, 6.45) is 4.68. The molecule has 1 saturated heterocycles. The number of aromatic nitrogens is 2. The maximum atomic E-state index is 11.0. The molecular weight excluding hydrogens is 246 g/mol. The molecule has 2 rings (SSSR count). The maximum Gasteiger partial charge on any atom is 0.307 e. The number of carboxylic acid groups (broad SMARTS) is 1. The van der Waals surface area contributed by atoms with E-state index in [4.69, 9.17) is 9.63 Å². The number of aryl methyl sites for hydroxylation is 1. The summed E-state index contributed by atoms with van der Waals surface area (Å²) in [6.45, 7) is 4.15. The molecule has 1 aromatic rings. The average molecular weight is 267 g/mol. The molecule has 0 bridgehead atoms. The van der Waals surface area contributed by atoms with Crippen molar-refractivity contribution >= 4 is 5.97 Å². The van der Waals surface area contributed by atoms with Gasteiger partial charge in [0.15, 0.2) is 5.82 Å². The molecule has 1 aliphatic rings. The van der Waals surface area contributed by atoms with Crippen LogP contribution in [0.3, 0.4) is 0 Å². The highest BCUT2D eigenvalue weighted by Crippen LogP contribution is 2.18. The molecule has 0 spiro atoms. The van der Waals surface area contributed by atoms with Crippen LogP contribution in [0, 0.1) is 5.92 Å². The van der Waals surface area contributed by atoms with Gasteiger partial charge in [0, 0.05) is 13.0 Å². The van der Waals surface area contributed by atoms with E-state index in [2.05, 4.69) is 22.0 Å². The number of hydrogen-bond acceptors (Lipinski definition) is 5. The van der Waals surface area contributed by atoms with Crippen LogP contribution in [0.15, 0.2) is 4.52 Å². The van der Waals surface area contributed by atoms with Gasteiger partial charge >= 0.3 is 5.97 Å². The van der Waals surface area contributed by atoms with Crippen LogP contribution in [0.2, 0.25) is 0 Å². The fourth-order valence-corrected chi connectivity index (χ4v) is 2.38. The first-order chi connectivity index (χ1) is 9.19. The fraction of sp³-hybridized carbons (Fsp3) is 0.769. The number of piperidine rings is 1. The Labute approximate surface area is 112 Å². The first kappa shape index (κ1) is 14.0. The summed E-state index contributed by atoms with van der Waals surface area (Å²) in [5.74, 6) is 0.371. The molecule has 6 nitrogen and oxygen atoms in total. The molecule has 1 fully saturated rings. The molecule has 0 radical (unpaired) electrons. The van der Waals surface area contributed by atoms with Gasteiger partial charge < -0.3 is 9.63 Å². The predicted molar refractivity (Wildman–Crippen MR) is 68.5 cm³/mol. The lowest BCUT2D eigenvalue weighted by atomic mass is 9.98. The number of unbranched alkanes of at least 4 members (excludes halogenated alkanes) is 1. The van der Waals surface area contributed by atoms with E-state index in [1.165, 1.54) is 0 Å². The second-order valence-electron chi connectivity index (χ2n) is 5.12. The summed E-state index contributed by atoms with van der Waals surface area (Å²) < 4.78 is 5.21. The van der Waals surface area contributed by atoms with Crippen molar-refractivity contribution in [2.45, 2.75) is 45.6 Å². The van der Waals surface area contributed by atoms with Crippen molar-refractivity contribution in [1.82, 2.24) is 15.0 Å². The Kier molecular flexibility index (Phi) is 4.90. The molecule has 1 aliphatic heterocycles. The van der Waals surface area contributed by atoms with Crippen LogP contribution >= 0.6 is 0 Å². The SMILES string of the molecule is CCCCc1noc(CN2CCCC(C(=O)O)C2)n1. The van der Waals surface area contributed by atoms with Gasteiger partial charge in [-0.05, 0) is 25.8 Å².